The molecule has 1 atom stereocenters. The van der Waals surface area contributed by atoms with Gasteiger partial charge in [0.1, 0.15) is 12.4 Å². The lowest BCUT2D eigenvalue weighted by Gasteiger charge is -2.23. The van der Waals surface area contributed by atoms with Gasteiger partial charge in [-0.05, 0) is 26.3 Å². The highest BCUT2D eigenvalue weighted by Gasteiger charge is 2.14. The van der Waals surface area contributed by atoms with Crippen molar-refractivity contribution in [2.24, 2.45) is 0 Å². The van der Waals surface area contributed by atoms with Gasteiger partial charge < -0.3 is 10.1 Å². The second-order valence-electron chi connectivity index (χ2n) is 4.82. The molecule has 0 amide bonds. The van der Waals surface area contributed by atoms with Crippen molar-refractivity contribution in [2.45, 2.75) is 32.2 Å². The fourth-order valence-corrected chi connectivity index (χ4v) is 2.40. The normalized spacial score (nSPS) is 19.7. The van der Waals surface area contributed by atoms with Gasteiger partial charge in [0.15, 0.2) is 5.65 Å². The molecule has 1 aliphatic heterocycles. The summed E-state index contributed by atoms with van der Waals surface area (Å²) in [5, 5.41) is 9.74. The van der Waals surface area contributed by atoms with Crippen LogP contribution in [-0.2, 0) is 0 Å². The topological polar surface area (TPSA) is 84.3 Å². The highest BCUT2D eigenvalue weighted by atomic mass is 16.5. The first-order valence-electron chi connectivity index (χ1n) is 6.55. The highest BCUT2D eigenvalue weighted by molar-refractivity contribution is 5.40. The van der Waals surface area contributed by atoms with Gasteiger partial charge >= 0.3 is 5.69 Å². The number of aromatic amines is 1. The van der Waals surface area contributed by atoms with E-state index in [1.54, 1.807) is 13.0 Å². The SMILES string of the molecule is Cc1nc(OCC2CCCCN2)cc2n[nH]c(=O)n12. The zero-order chi connectivity index (χ0) is 13.2. The van der Waals surface area contributed by atoms with Gasteiger partial charge in [-0.2, -0.15) is 10.1 Å². The van der Waals surface area contributed by atoms with Crippen LogP contribution in [0.4, 0.5) is 0 Å². The molecule has 0 saturated carbocycles. The Bertz CT molecular complexity index is 627. The fraction of sp³-hybridized carbons (Fsp3) is 0.583. The number of piperidine rings is 1. The number of hydrogen-bond acceptors (Lipinski definition) is 5. The molecule has 1 saturated heterocycles. The number of fused-ring (bicyclic) bond motifs is 1. The first-order chi connectivity index (χ1) is 9.24. The first kappa shape index (κ1) is 12.2. The molecule has 1 unspecified atom stereocenters. The Morgan fingerprint density at radius 3 is 3.21 bits per heavy atom. The van der Waals surface area contributed by atoms with E-state index >= 15 is 0 Å². The number of nitrogens with zero attached hydrogens (tertiary/aromatic N) is 3. The van der Waals surface area contributed by atoms with Crippen molar-refractivity contribution in [1.82, 2.24) is 24.9 Å². The van der Waals surface area contributed by atoms with Crippen molar-refractivity contribution in [1.29, 1.82) is 0 Å². The van der Waals surface area contributed by atoms with E-state index in [2.05, 4.69) is 20.5 Å². The van der Waals surface area contributed by atoms with E-state index in [9.17, 15) is 4.79 Å². The molecule has 2 N–H and O–H groups in total. The van der Waals surface area contributed by atoms with Crippen LogP contribution < -0.4 is 15.7 Å². The maximum absolute atomic E-state index is 11.5. The molecule has 0 bridgehead atoms. The molecule has 2 aromatic heterocycles. The fourth-order valence-electron chi connectivity index (χ4n) is 2.40. The number of hydrogen-bond donors (Lipinski definition) is 2. The van der Waals surface area contributed by atoms with Crippen molar-refractivity contribution < 1.29 is 4.74 Å². The van der Waals surface area contributed by atoms with E-state index in [1.165, 1.54) is 17.2 Å². The number of ether oxygens (including phenoxy) is 1. The number of H-pyrrole nitrogens is 1. The molecule has 0 spiro atoms. The Morgan fingerprint density at radius 1 is 1.53 bits per heavy atom. The average molecular weight is 263 g/mol. The minimum atomic E-state index is -0.277. The Kier molecular flexibility index (Phi) is 3.20. The molecule has 1 fully saturated rings. The summed E-state index contributed by atoms with van der Waals surface area (Å²) < 4.78 is 7.12. The van der Waals surface area contributed by atoms with Gasteiger partial charge in [-0.25, -0.2) is 14.3 Å². The van der Waals surface area contributed by atoms with E-state index in [-0.39, 0.29) is 5.69 Å². The molecule has 0 radical (unpaired) electrons. The monoisotopic (exact) mass is 263 g/mol. The summed E-state index contributed by atoms with van der Waals surface area (Å²) in [6.45, 7) is 3.40. The van der Waals surface area contributed by atoms with E-state index in [4.69, 9.17) is 4.74 Å². The standard InChI is InChI=1S/C12H17N5O2/c1-8-14-11(6-10-15-16-12(18)17(8)10)19-7-9-4-2-3-5-13-9/h6,9,13H,2-5,7H2,1H3,(H,16,18). The van der Waals surface area contributed by atoms with Gasteiger partial charge in [0.25, 0.3) is 0 Å². The Balaban J connectivity index is 1.75. The molecule has 0 aliphatic carbocycles. The maximum atomic E-state index is 11.5. The summed E-state index contributed by atoms with van der Waals surface area (Å²) in [5.41, 5.74) is 0.254. The molecule has 7 nitrogen and oxygen atoms in total. The van der Waals surface area contributed by atoms with Crippen LogP contribution in [0.1, 0.15) is 25.1 Å². The smallest absolute Gasteiger partial charge is 0.349 e. The number of rotatable bonds is 3. The van der Waals surface area contributed by atoms with Crippen molar-refractivity contribution in [3.05, 3.63) is 22.4 Å². The summed E-state index contributed by atoms with van der Waals surface area (Å²) in [6, 6.07) is 2.06. The molecule has 102 valence electrons. The van der Waals surface area contributed by atoms with Crippen molar-refractivity contribution in [3.8, 4) is 5.88 Å². The zero-order valence-electron chi connectivity index (χ0n) is 10.8. The first-order valence-corrected chi connectivity index (χ1v) is 6.55. The molecule has 7 heteroatoms. The second kappa shape index (κ2) is 5.00. The Morgan fingerprint density at radius 2 is 2.42 bits per heavy atom. The second-order valence-corrected chi connectivity index (χ2v) is 4.82. The molecular formula is C12H17N5O2. The lowest BCUT2D eigenvalue weighted by atomic mass is 10.1. The number of aryl methyl sites for hydroxylation is 1. The predicted octanol–water partition coefficient (Wildman–Crippen LogP) is 0.247. The maximum Gasteiger partial charge on any atom is 0.349 e. The molecule has 2 aromatic rings. The van der Waals surface area contributed by atoms with Gasteiger partial charge in [-0.1, -0.05) is 6.42 Å². The van der Waals surface area contributed by atoms with Crippen LogP contribution in [-0.4, -0.2) is 38.8 Å². The average Bonchev–Trinajstić information content (AvgIpc) is 2.80. The molecule has 19 heavy (non-hydrogen) atoms. The molecule has 0 aromatic carbocycles. The van der Waals surface area contributed by atoms with Crippen LogP contribution in [0.5, 0.6) is 5.88 Å². The van der Waals surface area contributed by atoms with Gasteiger partial charge in [-0.3, -0.25) is 0 Å². The third-order valence-corrected chi connectivity index (χ3v) is 3.39. The van der Waals surface area contributed by atoms with Gasteiger partial charge in [-0.15, -0.1) is 0 Å². The molecule has 3 rings (SSSR count). The van der Waals surface area contributed by atoms with Crippen LogP contribution in [0.15, 0.2) is 10.9 Å². The summed E-state index contributed by atoms with van der Waals surface area (Å²) >= 11 is 0. The van der Waals surface area contributed by atoms with Crippen LogP contribution in [0.2, 0.25) is 0 Å². The molecule has 3 heterocycles. The minimum Gasteiger partial charge on any atom is -0.476 e. The number of nitrogens with one attached hydrogen (secondary N) is 2. The van der Waals surface area contributed by atoms with E-state index in [0.717, 1.165) is 13.0 Å². The van der Waals surface area contributed by atoms with Crippen molar-refractivity contribution in [3.63, 3.8) is 0 Å². The third-order valence-electron chi connectivity index (χ3n) is 3.39. The quantitative estimate of drug-likeness (QED) is 0.829. The van der Waals surface area contributed by atoms with E-state index in [1.807, 2.05) is 0 Å². The predicted molar refractivity (Wildman–Crippen MR) is 69.5 cm³/mol. The van der Waals surface area contributed by atoms with Crippen LogP contribution in [0, 0.1) is 6.92 Å². The number of aromatic nitrogens is 4. The Hall–Kier alpha value is -1.89. The summed E-state index contributed by atoms with van der Waals surface area (Å²) in [7, 11) is 0. The summed E-state index contributed by atoms with van der Waals surface area (Å²) in [4.78, 5) is 15.7. The minimum absolute atomic E-state index is 0.277. The van der Waals surface area contributed by atoms with Crippen LogP contribution in [0.3, 0.4) is 0 Å². The third kappa shape index (κ3) is 2.46. The largest absolute Gasteiger partial charge is 0.476 e. The zero-order valence-corrected chi connectivity index (χ0v) is 10.8. The summed E-state index contributed by atoms with van der Waals surface area (Å²) in [6.07, 6.45) is 3.60. The van der Waals surface area contributed by atoms with Crippen molar-refractivity contribution in [2.75, 3.05) is 13.2 Å². The van der Waals surface area contributed by atoms with Crippen LogP contribution in [0.25, 0.3) is 5.65 Å². The lowest BCUT2D eigenvalue weighted by molar-refractivity contribution is 0.231. The summed E-state index contributed by atoms with van der Waals surface area (Å²) in [5.74, 6) is 1.08. The molecular weight excluding hydrogens is 246 g/mol. The highest BCUT2D eigenvalue weighted by Crippen LogP contribution is 2.13. The van der Waals surface area contributed by atoms with Gasteiger partial charge in [0.05, 0.1) is 0 Å². The van der Waals surface area contributed by atoms with Crippen molar-refractivity contribution >= 4 is 5.65 Å². The van der Waals surface area contributed by atoms with E-state index < -0.39 is 0 Å². The Labute approximate surface area is 110 Å². The van der Waals surface area contributed by atoms with Crippen LogP contribution >= 0.6 is 0 Å². The lowest BCUT2D eigenvalue weighted by Crippen LogP contribution is -2.38. The van der Waals surface area contributed by atoms with Gasteiger partial charge in [0.2, 0.25) is 5.88 Å². The van der Waals surface area contributed by atoms with E-state index in [0.29, 0.717) is 30.0 Å². The molecule has 1 aliphatic rings. The van der Waals surface area contributed by atoms with Gasteiger partial charge in [0, 0.05) is 12.1 Å².